The lowest BCUT2D eigenvalue weighted by Crippen LogP contribution is -2.30. The molecule has 0 bridgehead atoms. The number of nitrogens with zero attached hydrogens (tertiary/aromatic N) is 1. The minimum absolute atomic E-state index is 0.360. The second kappa shape index (κ2) is 8.65. The van der Waals surface area contributed by atoms with Crippen molar-refractivity contribution in [1.29, 1.82) is 5.26 Å². The highest BCUT2D eigenvalue weighted by Gasteiger charge is 2.04. The number of hydrogen-bond donors (Lipinski definition) is 2. The van der Waals surface area contributed by atoms with Gasteiger partial charge in [0.2, 0.25) is 0 Å². The molecule has 0 aliphatic heterocycles. The van der Waals surface area contributed by atoms with Crippen molar-refractivity contribution < 1.29 is 9.84 Å². The summed E-state index contributed by atoms with van der Waals surface area (Å²) < 4.78 is 5.36. The number of hydrogen-bond acceptors (Lipinski definition) is 4. The summed E-state index contributed by atoms with van der Waals surface area (Å²) in [5.74, 6) is 0.485. The Kier molecular flexibility index (Phi) is 7.12. The van der Waals surface area contributed by atoms with Crippen LogP contribution >= 0.6 is 0 Å². The highest BCUT2D eigenvalue weighted by molar-refractivity contribution is 5.31. The second-order valence-electron chi connectivity index (χ2n) is 5.02. The zero-order valence-electron chi connectivity index (χ0n) is 11.6. The van der Waals surface area contributed by atoms with Crippen molar-refractivity contribution in [3.8, 4) is 6.07 Å². The molecule has 0 spiro atoms. The van der Waals surface area contributed by atoms with Crippen LogP contribution in [0.3, 0.4) is 0 Å². The zero-order chi connectivity index (χ0) is 14.1. The van der Waals surface area contributed by atoms with E-state index < -0.39 is 6.10 Å². The average Bonchev–Trinajstić information content (AvgIpc) is 2.39. The van der Waals surface area contributed by atoms with E-state index in [0.29, 0.717) is 37.8 Å². The Morgan fingerprint density at radius 1 is 1.26 bits per heavy atom. The predicted octanol–water partition coefficient (Wildman–Crippen LogP) is 1.68. The number of nitriles is 1. The van der Waals surface area contributed by atoms with Crippen LogP contribution in [0.4, 0.5) is 0 Å². The highest BCUT2D eigenvalue weighted by atomic mass is 16.5. The van der Waals surface area contributed by atoms with Crippen molar-refractivity contribution in [2.45, 2.75) is 26.5 Å². The molecule has 0 aliphatic carbocycles. The minimum Gasteiger partial charge on any atom is -0.389 e. The van der Waals surface area contributed by atoms with Crippen LogP contribution in [0.2, 0.25) is 0 Å². The van der Waals surface area contributed by atoms with Crippen molar-refractivity contribution in [2.24, 2.45) is 5.92 Å². The molecule has 2 N–H and O–H groups in total. The summed E-state index contributed by atoms with van der Waals surface area (Å²) in [6, 6.07) is 9.49. The van der Waals surface area contributed by atoms with E-state index in [4.69, 9.17) is 10.00 Å². The molecule has 4 nitrogen and oxygen atoms in total. The summed E-state index contributed by atoms with van der Waals surface area (Å²) in [6.45, 7) is 6.36. The number of aliphatic hydroxyl groups excluding tert-OH is 1. The molecule has 4 heteroatoms. The molecule has 0 amide bonds. The second-order valence-corrected chi connectivity index (χ2v) is 5.02. The van der Waals surface area contributed by atoms with Gasteiger partial charge in [-0.2, -0.15) is 5.26 Å². The van der Waals surface area contributed by atoms with E-state index in [1.54, 1.807) is 12.1 Å². The van der Waals surface area contributed by atoms with E-state index in [2.05, 4.69) is 25.2 Å². The molecule has 1 atom stereocenters. The van der Waals surface area contributed by atoms with Crippen molar-refractivity contribution in [2.75, 3.05) is 19.8 Å². The third kappa shape index (κ3) is 6.92. The van der Waals surface area contributed by atoms with Gasteiger partial charge in [0.05, 0.1) is 24.3 Å². The van der Waals surface area contributed by atoms with Crippen LogP contribution < -0.4 is 5.32 Å². The molecule has 1 aromatic carbocycles. The van der Waals surface area contributed by atoms with Gasteiger partial charge in [-0.1, -0.05) is 26.0 Å². The van der Waals surface area contributed by atoms with Crippen molar-refractivity contribution in [3.63, 3.8) is 0 Å². The van der Waals surface area contributed by atoms with E-state index in [1.807, 2.05) is 12.1 Å². The quantitative estimate of drug-likeness (QED) is 0.748. The van der Waals surface area contributed by atoms with Crippen molar-refractivity contribution in [3.05, 3.63) is 35.4 Å². The molecular weight excluding hydrogens is 240 g/mol. The molecule has 0 aromatic heterocycles. The van der Waals surface area contributed by atoms with Crippen LogP contribution in [0, 0.1) is 17.2 Å². The van der Waals surface area contributed by atoms with Gasteiger partial charge in [-0.15, -0.1) is 0 Å². The monoisotopic (exact) mass is 262 g/mol. The lowest BCUT2D eigenvalue weighted by Gasteiger charge is -2.13. The van der Waals surface area contributed by atoms with Gasteiger partial charge in [0.25, 0.3) is 0 Å². The minimum atomic E-state index is -0.489. The maximum atomic E-state index is 9.69. The van der Waals surface area contributed by atoms with Crippen LogP contribution in [0.5, 0.6) is 0 Å². The summed E-state index contributed by atoms with van der Waals surface area (Å²) in [5, 5.41) is 21.5. The van der Waals surface area contributed by atoms with Gasteiger partial charge in [-0.05, 0) is 23.6 Å². The highest BCUT2D eigenvalue weighted by Crippen LogP contribution is 2.02. The predicted molar refractivity (Wildman–Crippen MR) is 74.5 cm³/mol. The fourth-order valence-corrected chi connectivity index (χ4v) is 1.58. The topological polar surface area (TPSA) is 65.3 Å². The first-order chi connectivity index (χ1) is 9.11. The maximum Gasteiger partial charge on any atom is 0.0991 e. The van der Waals surface area contributed by atoms with Crippen LogP contribution in [0.1, 0.15) is 25.0 Å². The molecule has 0 radical (unpaired) electrons. The average molecular weight is 262 g/mol. The molecule has 1 unspecified atom stereocenters. The first kappa shape index (κ1) is 15.6. The molecule has 0 saturated carbocycles. The number of aliphatic hydroxyl groups is 1. The van der Waals surface area contributed by atoms with Gasteiger partial charge >= 0.3 is 0 Å². The first-order valence-corrected chi connectivity index (χ1v) is 6.57. The van der Waals surface area contributed by atoms with Gasteiger partial charge < -0.3 is 15.2 Å². The Labute approximate surface area is 115 Å². The number of nitrogens with one attached hydrogen (secondary N) is 1. The summed E-state index contributed by atoms with van der Waals surface area (Å²) in [6.07, 6.45) is -0.489. The molecule has 1 rings (SSSR count). The smallest absolute Gasteiger partial charge is 0.0991 e. The Balaban J connectivity index is 2.17. The summed E-state index contributed by atoms with van der Waals surface area (Å²) in [5.41, 5.74) is 1.75. The molecular formula is C15H22N2O2. The Morgan fingerprint density at radius 3 is 2.53 bits per heavy atom. The van der Waals surface area contributed by atoms with E-state index in [9.17, 15) is 5.11 Å². The summed E-state index contributed by atoms with van der Waals surface area (Å²) >= 11 is 0. The van der Waals surface area contributed by atoms with Gasteiger partial charge in [0, 0.05) is 19.7 Å². The molecule has 0 fully saturated rings. The van der Waals surface area contributed by atoms with Crippen LogP contribution in [0.15, 0.2) is 24.3 Å². The Morgan fingerprint density at radius 2 is 1.95 bits per heavy atom. The standard InChI is InChI=1S/C15H22N2O2/c1-12(2)10-19-11-15(18)9-17-8-14-5-3-13(7-16)4-6-14/h3-6,12,15,17-18H,8-11H2,1-2H3. The van der Waals surface area contributed by atoms with Crippen molar-refractivity contribution >= 4 is 0 Å². The van der Waals surface area contributed by atoms with E-state index in [-0.39, 0.29) is 0 Å². The SMILES string of the molecule is CC(C)COCC(O)CNCc1ccc(C#N)cc1. The molecule has 104 valence electrons. The van der Waals surface area contributed by atoms with Crippen LogP contribution in [0.25, 0.3) is 0 Å². The molecule has 19 heavy (non-hydrogen) atoms. The van der Waals surface area contributed by atoms with Crippen molar-refractivity contribution in [1.82, 2.24) is 5.32 Å². The lowest BCUT2D eigenvalue weighted by molar-refractivity contribution is 0.0260. The number of benzene rings is 1. The summed E-state index contributed by atoms with van der Waals surface area (Å²) in [7, 11) is 0. The fourth-order valence-electron chi connectivity index (χ4n) is 1.58. The molecule has 0 aliphatic rings. The van der Waals surface area contributed by atoms with Gasteiger partial charge in [-0.3, -0.25) is 0 Å². The normalized spacial score (nSPS) is 12.4. The van der Waals surface area contributed by atoms with E-state index >= 15 is 0 Å². The van der Waals surface area contributed by atoms with Gasteiger partial charge in [0.1, 0.15) is 0 Å². The third-order valence-corrected chi connectivity index (χ3v) is 2.55. The first-order valence-electron chi connectivity index (χ1n) is 6.57. The third-order valence-electron chi connectivity index (χ3n) is 2.55. The van der Waals surface area contributed by atoms with E-state index in [0.717, 1.165) is 5.56 Å². The lowest BCUT2D eigenvalue weighted by atomic mass is 10.1. The summed E-state index contributed by atoms with van der Waals surface area (Å²) in [4.78, 5) is 0. The maximum absolute atomic E-state index is 9.69. The largest absolute Gasteiger partial charge is 0.389 e. The molecule has 0 heterocycles. The van der Waals surface area contributed by atoms with Gasteiger partial charge in [0.15, 0.2) is 0 Å². The van der Waals surface area contributed by atoms with Crippen LogP contribution in [-0.4, -0.2) is 31.0 Å². The van der Waals surface area contributed by atoms with Crippen LogP contribution in [-0.2, 0) is 11.3 Å². The van der Waals surface area contributed by atoms with Gasteiger partial charge in [-0.25, -0.2) is 0 Å². The zero-order valence-corrected chi connectivity index (χ0v) is 11.6. The fraction of sp³-hybridized carbons (Fsp3) is 0.533. The molecule has 0 saturated heterocycles. The number of ether oxygens (including phenoxy) is 1. The number of rotatable bonds is 8. The molecule has 1 aromatic rings. The Bertz CT molecular complexity index is 396. The Hall–Kier alpha value is -1.41. The van der Waals surface area contributed by atoms with E-state index in [1.165, 1.54) is 0 Å².